The smallest absolute Gasteiger partial charge is 0.138 e. The third-order valence-corrected chi connectivity index (χ3v) is 2.50. The minimum Gasteiger partial charge on any atom is -0.489 e. The highest BCUT2D eigenvalue weighted by atomic mass is 35.5. The quantitative estimate of drug-likeness (QED) is 0.763. The van der Waals surface area contributed by atoms with Crippen LogP contribution in [-0.2, 0) is 5.41 Å². The number of rotatable bonds is 3. The normalized spacial score (nSPS) is 11.5. The fourth-order valence-corrected chi connectivity index (χ4v) is 1.81. The Kier molecular flexibility index (Phi) is 3.97. The van der Waals surface area contributed by atoms with E-state index in [9.17, 15) is 4.39 Å². The molecule has 0 heterocycles. The Balaban J connectivity index is 3.01. The molecule has 0 atom stereocenters. The van der Waals surface area contributed by atoms with Crippen LogP contribution in [0.5, 0.6) is 5.75 Å². The maximum Gasteiger partial charge on any atom is 0.138 e. The summed E-state index contributed by atoms with van der Waals surface area (Å²) in [5.41, 5.74) is 0.979. The Morgan fingerprint density at radius 3 is 2.53 bits per heavy atom. The van der Waals surface area contributed by atoms with Gasteiger partial charge in [0.05, 0.1) is 5.02 Å². The van der Waals surface area contributed by atoms with Crippen LogP contribution in [0.25, 0.3) is 0 Å². The van der Waals surface area contributed by atoms with E-state index in [1.807, 2.05) is 12.1 Å². The molecule has 0 saturated carbocycles. The summed E-state index contributed by atoms with van der Waals surface area (Å²) in [5.74, 6) is 0.557. The Morgan fingerprint density at radius 1 is 1.33 bits per heavy atom. The van der Waals surface area contributed by atoms with Crippen molar-refractivity contribution < 1.29 is 9.13 Å². The highest BCUT2D eigenvalue weighted by Gasteiger charge is 2.19. The lowest BCUT2D eigenvalue weighted by molar-refractivity contribution is 0.273. The Hall–Kier alpha value is -0.760. The molecule has 0 aliphatic heterocycles. The maximum atomic E-state index is 12.0. The Bertz CT molecular complexity index is 331. The lowest BCUT2D eigenvalue weighted by Gasteiger charge is -2.21. The van der Waals surface area contributed by atoms with Gasteiger partial charge in [-0.15, -0.1) is 0 Å². The summed E-state index contributed by atoms with van der Waals surface area (Å²) >= 11 is 6.18. The molecular formula is C12H16ClFO. The molecule has 0 aliphatic rings. The molecule has 1 aromatic carbocycles. The van der Waals surface area contributed by atoms with Crippen LogP contribution < -0.4 is 4.74 Å². The minimum atomic E-state index is -0.504. The summed E-state index contributed by atoms with van der Waals surface area (Å²) in [6.45, 7) is 5.77. The second kappa shape index (κ2) is 4.84. The van der Waals surface area contributed by atoms with Crippen molar-refractivity contribution in [1.29, 1.82) is 0 Å². The van der Waals surface area contributed by atoms with Crippen LogP contribution in [0.1, 0.15) is 26.3 Å². The van der Waals surface area contributed by atoms with Crippen LogP contribution in [0.2, 0.25) is 5.02 Å². The van der Waals surface area contributed by atoms with Crippen molar-refractivity contribution in [2.75, 3.05) is 13.3 Å². The molecule has 0 aliphatic carbocycles. The van der Waals surface area contributed by atoms with Gasteiger partial charge in [-0.1, -0.05) is 44.5 Å². The number of hydrogen-bond donors (Lipinski definition) is 0. The van der Waals surface area contributed by atoms with Gasteiger partial charge in [0.15, 0.2) is 0 Å². The lowest BCUT2D eigenvalue weighted by atomic mass is 9.87. The summed E-state index contributed by atoms with van der Waals surface area (Å²) in [6, 6.07) is 5.60. The van der Waals surface area contributed by atoms with Crippen LogP contribution in [0, 0.1) is 0 Å². The molecule has 0 unspecified atom stereocenters. The van der Waals surface area contributed by atoms with Gasteiger partial charge in [-0.25, -0.2) is 4.39 Å². The maximum absolute atomic E-state index is 12.0. The second-order valence-electron chi connectivity index (χ2n) is 4.41. The van der Waals surface area contributed by atoms with Gasteiger partial charge in [-0.05, 0) is 17.0 Å². The molecule has 0 amide bonds. The molecule has 0 bridgehead atoms. The van der Waals surface area contributed by atoms with Crippen LogP contribution >= 0.6 is 11.6 Å². The standard InChI is InChI=1S/C12H16ClFO/c1-12(2,3)9-5-4-6-10(11(9)13)15-8-7-14/h4-6H,7-8H2,1-3H3. The van der Waals surface area contributed by atoms with Crippen LogP contribution in [0.3, 0.4) is 0 Å². The van der Waals surface area contributed by atoms with E-state index in [2.05, 4.69) is 20.8 Å². The number of alkyl halides is 1. The monoisotopic (exact) mass is 230 g/mol. The molecule has 1 aromatic rings. The number of halogens is 2. The number of hydrogen-bond acceptors (Lipinski definition) is 1. The largest absolute Gasteiger partial charge is 0.489 e. The summed E-state index contributed by atoms with van der Waals surface area (Å²) in [7, 11) is 0. The molecule has 1 nitrogen and oxygen atoms in total. The topological polar surface area (TPSA) is 9.23 Å². The third-order valence-electron chi connectivity index (χ3n) is 2.11. The summed E-state index contributed by atoms with van der Waals surface area (Å²) in [4.78, 5) is 0. The van der Waals surface area contributed by atoms with Gasteiger partial charge in [0.2, 0.25) is 0 Å². The van der Waals surface area contributed by atoms with Gasteiger partial charge in [0.25, 0.3) is 0 Å². The first-order valence-corrected chi connectivity index (χ1v) is 5.32. The molecule has 0 spiro atoms. The van der Waals surface area contributed by atoms with Crippen LogP contribution in [0.15, 0.2) is 18.2 Å². The van der Waals surface area contributed by atoms with Crippen molar-refractivity contribution in [3.05, 3.63) is 28.8 Å². The van der Waals surface area contributed by atoms with Gasteiger partial charge >= 0.3 is 0 Å². The lowest BCUT2D eigenvalue weighted by Crippen LogP contribution is -2.12. The van der Waals surface area contributed by atoms with Gasteiger partial charge in [-0.3, -0.25) is 0 Å². The fraction of sp³-hybridized carbons (Fsp3) is 0.500. The molecule has 15 heavy (non-hydrogen) atoms. The minimum absolute atomic E-state index is 0.0355. The zero-order chi connectivity index (χ0) is 11.5. The van der Waals surface area contributed by atoms with Crippen molar-refractivity contribution in [1.82, 2.24) is 0 Å². The van der Waals surface area contributed by atoms with E-state index in [-0.39, 0.29) is 12.0 Å². The van der Waals surface area contributed by atoms with Gasteiger partial charge in [0.1, 0.15) is 19.0 Å². The van der Waals surface area contributed by atoms with E-state index in [0.717, 1.165) is 5.56 Å². The third kappa shape index (κ3) is 3.10. The van der Waals surface area contributed by atoms with Crippen LogP contribution in [-0.4, -0.2) is 13.3 Å². The zero-order valence-electron chi connectivity index (χ0n) is 9.31. The first-order chi connectivity index (χ1) is 6.96. The molecule has 0 aromatic heterocycles. The van der Waals surface area contributed by atoms with E-state index >= 15 is 0 Å². The highest BCUT2D eigenvalue weighted by Crippen LogP contribution is 2.35. The average molecular weight is 231 g/mol. The summed E-state index contributed by atoms with van der Waals surface area (Å²) in [6.07, 6.45) is 0. The molecule has 84 valence electrons. The van der Waals surface area contributed by atoms with E-state index in [1.165, 1.54) is 0 Å². The van der Waals surface area contributed by atoms with Crippen molar-refractivity contribution in [2.24, 2.45) is 0 Å². The van der Waals surface area contributed by atoms with Crippen molar-refractivity contribution in [2.45, 2.75) is 26.2 Å². The first-order valence-electron chi connectivity index (χ1n) is 4.94. The number of ether oxygens (including phenoxy) is 1. The van der Waals surface area contributed by atoms with E-state index in [0.29, 0.717) is 10.8 Å². The molecule has 0 saturated heterocycles. The summed E-state index contributed by atoms with van der Waals surface area (Å²) < 4.78 is 17.2. The molecule has 1 rings (SSSR count). The zero-order valence-corrected chi connectivity index (χ0v) is 10.1. The first kappa shape index (κ1) is 12.3. The van der Waals surface area contributed by atoms with Crippen molar-refractivity contribution in [3.8, 4) is 5.75 Å². The fourth-order valence-electron chi connectivity index (χ4n) is 1.35. The predicted molar refractivity (Wildman–Crippen MR) is 61.6 cm³/mol. The Labute approximate surface area is 95.2 Å². The second-order valence-corrected chi connectivity index (χ2v) is 4.78. The molecule has 0 radical (unpaired) electrons. The molecule has 0 N–H and O–H groups in total. The molecular weight excluding hydrogens is 215 g/mol. The van der Waals surface area contributed by atoms with Gasteiger partial charge < -0.3 is 4.74 Å². The van der Waals surface area contributed by atoms with Crippen molar-refractivity contribution in [3.63, 3.8) is 0 Å². The van der Waals surface area contributed by atoms with Crippen molar-refractivity contribution >= 4 is 11.6 Å². The number of benzene rings is 1. The van der Waals surface area contributed by atoms with Gasteiger partial charge in [-0.2, -0.15) is 0 Å². The van der Waals surface area contributed by atoms with E-state index in [4.69, 9.17) is 16.3 Å². The SMILES string of the molecule is CC(C)(C)c1cccc(OCCF)c1Cl. The molecule has 0 fully saturated rings. The Morgan fingerprint density at radius 2 is 2.00 bits per heavy atom. The predicted octanol–water partition coefficient (Wildman–Crippen LogP) is 3.99. The average Bonchev–Trinajstić information content (AvgIpc) is 2.14. The molecule has 3 heteroatoms. The van der Waals surface area contributed by atoms with E-state index in [1.54, 1.807) is 6.07 Å². The highest BCUT2D eigenvalue weighted by molar-refractivity contribution is 6.33. The van der Waals surface area contributed by atoms with E-state index < -0.39 is 6.67 Å². The van der Waals surface area contributed by atoms with Crippen LogP contribution in [0.4, 0.5) is 4.39 Å². The van der Waals surface area contributed by atoms with Gasteiger partial charge in [0, 0.05) is 0 Å². The summed E-state index contributed by atoms with van der Waals surface area (Å²) in [5, 5.41) is 0.582.